The first-order valence-electron chi connectivity index (χ1n) is 9.82. The van der Waals surface area contributed by atoms with E-state index in [2.05, 4.69) is 48.4 Å². The maximum Gasteiger partial charge on any atom is 0.306 e. The van der Waals surface area contributed by atoms with E-state index in [0.717, 1.165) is 37.7 Å². The second-order valence-corrected chi connectivity index (χ2v) is 6.30. The van der Waals surface area contributed by atoms with Crippen LogP contribution in [0.5, 0.6) is 0 Å². The zero-order valence-corrected chi connectivity index (χ0v) is 16.1. The smallest absolute Gasteiger partial charge is 0.306 e. The molecule has 0 spiro atoms. The average Bonchev–Trinajstić information content (AvgIpc) is 2.67. The Kier molecular flexibility index (Phi) is 13.7. The van der Waals surface area contributed by atoms with Crippen LogP contribution in [0.25, 0.3) is 0 Å². The minimum absolute atomic E-state index is 0.132. The van der Waals surface area contributed by atoms with Crippen LogP contribution in [0, 0.1) is 0 Å². The van der Waals surface area contributed by atoms with Crippen LogP contribution in [0.4, 0.5) is 0 Å². The lowest BCUT2D eigenvalue weighted by Crippen LogP contribution is -2.04. The fourth-order valence-corrected chi connectivity index (χ4v) is 2.35. The Morgan fingerprint density at radius 3 is 2.35 bits per heavy atom. The summed E-state index contributed by atoms with van der Waals surface area (Å²) in [4.78, 5) is 15.7. The molecule has 0 amide bonds. The molecule has 0 unspecified atom stereocenters. The van der Waals surface area contributed by atoms with Crippen molar-refractivity contribution in [3.05, 3.63) is 66.5 Å². The van der Waals surface area contributed by atoms with Gasteiger partial charge in [0.05, 0.1) is 0 Å². The molecule has 0 atom stereocenters. The Morgan fingerprint density at radius 2 is 1.69 bits per heavy atom. The van der Waals surface area contributed by atoms with Gasteiger partial charge in [-0.15, -0.1) is 0 Å². The topological polar surface area (TPSA) is 39.2 Å². The summed E-state index contributed by atoms with van der Waals surface area (Å²) in [7, 11) is 0. The molecule has 0 N–H and O–H groups in total. The van der Waals surface area contributed by atoms with Gasteiger partial charge < -0.3 is 4.74 Å². The molecule has 0 aliphatic carbocycles. The fourth-order valence-electron chi connectivity index (χ4n) is 2.35. The van der Waals surface area contributed by atoms with Crippen molar-refractivity contribution in [1.29, 1.82) is 0 Å². The molecular formula is C23H33NO2. The number of unbranched alkanes of at least 4 members (excludes halogenated alkanes) is 4. The Labute approximate surface area is 158 Å². The Bertz CT molecular complexity index is 547. The molecule has 0 bridgehead atoms. The summed E-state index contributed by atoms with van der Waals surface area (Å²) in [6.45, 7) is 2.53. The van der Waals surface area contributed by atoms with Crippen molar-refractivity contribution >= 4 is 5.97 Å². The summed E-state index contributed by atoms with van der Waals surface area (Å²) in [5.74, 6) is -0.132. The quantitative estimate of drug-likeness (QED) is 0.222. The molecule has 26 heavy (non-hydrogen) atoms. The van der Waals surface area contributed by atoms with Gasteiger partial charge in [0, 0.05) is 24.4 Å². The van der Waals surface area contributed by atoms with E-state index in [9.17, 15) is 4.79 Å². The number of hydrogen-bond donors (Lipinski definition) is 0. The minimum atomic E-state index is -0.132. The van der Waals surface area contributed by atoms with Gasteiger partial charge in [0.1, 0.15) is 6.61 Å². The highest BCUT2D eigenvalue weighted by Gasteiger charge is 2.02. The zero-order chi connectivity index (χ0) is 18.7. The number of rotatable bonds is 14. The van der Waals surface area contributed by atoms with Crippen LogP contribution in [-0.2, 0) is 16.1 Å². The molecule has 0 saturated heterocycles. The summed E-state index contributed by atoms with van der Waals surface area (Å²) < 4.78 is 5.23. The van der Waals surface area contributed by atoms with Crippen molar-refractivity contribution in [2.75, 3.05) is 0 Å². The minimum Gasteiger partial charge on any atom is -0.461 e. The molecule has 0 aliphatic heterocycles. The third kappa shape index (κ3) is 13.2. The number of nitrogens with zero attached hydrogens (tertiary/aromatic N) is 1. The van der Waals surface area contributed by atoms with Gasteiger partial charge in [-0.2, -0.15) is 0 Å². The molecule has 0 aromatic carbocycles. The first kappa shape index (κ1) is 21.9. The van der Waals surface area contributed by atoms with Crippen molar-refractivity contribution in [2.45, 2.75) is 71.3 Å². The normalized spacial score (nSPS) is 11.7. The van der Waals surface area contributed by atoms with Gasteiger partial charge >= 0.3 is 5.97 Å². The lowest BCUT2D eigenvalue weighted by atomic mass is 10.2. The lowest BCUT2D eigenvalue weighted by molar-refractivity contribution is -0.145. The molecule has 1 aromatic rings. The van der Waals surface area contributed by atoms with Gasteiger partial charge in [-0.05, 0) is 44.6 Å². The average molecular weight is 356 g/mol. The van der Waals surface area contributed by atoms with E-state index in [1.807, 2.05) is 12.1 Å². The molecule has 0 radical (unpaired) electrons. The lowest BCUT2D eigenvalue weighted by Gasteiger charge is -2.04. The second kappa shape index (κ2) is 16.3. The second-order valence-electron chi connectivity index (χ2n) is 6.30. The predicted octanol–water partition coefficient (Wildman–Crippen LogP) is 6.32. The van der Waals surface area contributed by atoms with Crippen molar-refractivity contribution in [3.63, 3.8) is 0 Å². The maximum atomic E-state index is 11.7. The summed E-state index contributed by atoms with van der Waals surface area (Å²) in [6.07, 6.45) is 25.9. The van der Waals surface area contributed by atoms with E-state index in [1.165, 1.54) is 19.3 Å². The van der Waals surface area contributed by atoms with Crippen LogP contribution in [0.3, 0.4) is 0 Å². The van der Waals surface area contributed by atoms with Crippen LogP contribution in [0.15, 0.2) is 61.0 Å². The Hall–Kier alpha value is -2.16. The van der Waals surface area contributed by atoms with Crippen LogP contribution in [0.1, 0.15) is 70.3 Å². The number of hydrogen-bond acceptors (Lipinski definition) is 3. The highest BCUT2D eigenvalue weighted by molar-refractivity contribution is 5.69. The standard InChI is InChI=1S/C23H33NO2/c1-2-3-4-5-6-7-8-9-10-11-12-13-14-15-18-23(25)26-21-22-17-16-19-24-20-22/h5-6,8-9,11-12,16-17,19-20H,2-4,7,10,13-15,18,21H2,1H3/b6-5-,9-8-,12-11-. The Morgan fingerprint density at radius 1 is 1.00 bits per heavy atom. The van der Waals surface area contributed by atoms with Gasteiger partial charge in [0.25, 0.3) is 0 Å². The molecule has 142 valence electrons. The molecule has 1 heterocycles. The van der Waals surface area contributed by atoms with Gasteiger partial charge in [-0.1, -0.05) is 62.3 Å². The van der Waals surface area contributed by atoms with Crippen molar-refractivity contribution in [2.24, 2.45) is 0 Å². The summed E-state index contributed by atoms with van der Waals surface area (Å²) in [6, 6.07) is 3.75. The van der Waals surface area contributed by atoms with Crippen molar-refractivity contribution in [1.82, 2.24) is 4.98 Å². The highest BCUT2D eigenvalue weighted by atomic mass is 16.5. The number of esters is 1. The molecule has 0 fully saturated rings. The molecule has 1 aromatic heterocycles. The van der Waals surface area contributed by atoms with Gasteiger partial charge in [-0.3, -0.25) is 9.78 Å². The highest BCUT2D eigenvalue weighted by Crippen LogP contribution is 2.05. The molecule has 1 rings (SSSR count). The van der Waals surface area contributed by atoms with E-state index in [4.69, 9.17) is 4.74 Å². The van der Waals surface area contributed by atoms with Crippen molar-refractivity contribution < 1.29 is 9.53 Å². The van der Waals surface area contributed by atoms with Crippen LogP contribution in [-0.4, -0.2) is 11.0 Å². The zero-order valence-electron chi connectivity index (χ0n) is 16.1. The molecule has 3 nitrogen and oxygen atoms in total. The van der Waals surface area contributed by atoms with E-state index < -0.39 is 0 Å². The number of carbonyl (C=O) groups excluding carboxylic acids is 1. The van der Waals surface area contributed by atoms with Crippen LogP contribution < -0.4 is 0 Å². The van der Waals surface area contributed by atoms with Crippen molar-refractivity contribution in [3.8, 4) is 0 Å². The number of pyridine rings is 1. The predicted molar refractivity (Wildman–Crippen MR) is 109 cm³/mol. The van der Waals surface area contributed by atoms with Crippen LogP contribution in [0.2, 0.25) is 0 Å². The van der Waals surface area contributed by atoms with E-state index in [-0.39, 0.29) is 5.97 Å². The number of carbonyl (C=O) groups is 1. The van der Waals surface area contributed by atoms with E-state index >= 15 is 0 Å². The summed E-state index contributed by atoms with van der Waals surface area (Å²) >= 11 is 0. The third-order valence-electron chi connectivity index (χ3n) is 3.89. The maximum absolute atomic E-state index is 11.7. The van der Waals surface area contributed by atoms with Gasteiger partial charge in [0.2, 0.25) is 0 Å². The number of allylic oxidation sites excluding steroid dienone is 6. The number of ether oxygens (including phenoxy) is 1. The first-order valence-corrected chi connectivity index (χ1v) is 9.82. The summed E-state index contributed by atoms with van der Waals surface area (Å²) in [5, 5.41) is 0. The Balaban J connectivity index is 1.93. The van der Waals surface area contributed by atoms with E-state index in [1.54, 1.807) is 12.4 Å². The fraction of sp³-hybridized carbons (Fsp3) is 0.478. The monoisotopic (exact) mass is 355 g/mol. The SMILES string of the molecule is CCCC/C=C\C/C=C\C/C=C\CCCCC(=O)OCc1cccnc1. The molecule has 3 heteroatoms. The van der Waals surface area contributed by atoms with Crippen LogP contribution >= 0.6 is 0 Å². The van der Waals surface area contributed by atoms with Gasteiger partial charge in [-0.25, -0.2) is 0 Å². The van der Waals surface area contributed by atoms with E-state index in [0.29, 0.717) is 13.0 Å². The summed E-state index contributed by atoms with van der Waals surface area (Å²) in [5.41, 5.74) is 0.924. The van der Waals surface area contributed by atoms with Gasteiger partial charge in [0.15, 0.2) is 0 Å². The first-order chi connectivity index (χ1) is 12.8. The molecule has 0 saturated carbocycles. The molecular weight excluding hydrogens is 322 g/mol. The number of aromatic nitrogens is 1. The molecule has 0 aliphatic rings. The largest absolute Gasteiger partial charge is 0.461 e. The third-order valence-corrected chi connectivity index (χ3v) is 3.89.